The van der Waals surface area contributed by atoms with E-state index in [9.17, 15) is 0 Å². The first kappa shape index (κ1) is 17.7. The van der Waals surface area contributed by atoms with Gasteiger partial charge in [-0.05, 0) is 69.2 Å². The van der Waals surface area contributed by atoms with Crippen LogP contribution in [0.4, 0.5) is 11.4 Å². The van der Waals surface area contributed by atoms with Crippen LogP contribution in [0.15, 0.2) is 60.8 Å². The van der Waals surface area contributed by atoms with E-state index in [1.807, 2.05) is 0 Å². The van der Waals surface area contributed by atoms with Gasteiger partial charge in [-0.15, -0.1) is 0 Å². The summed E-state index contributed by atoms with van der Waals surface area (Å²) in [6, 6.07) is 13.8. The third kappa shape index (κ3) is 3.21. The molecule has 1 atom stereocenters. The van der Waals surface area contributed by atoms with Gasteiger partial charge in [0.05, 0.1) is 6.04 Å². The average molecular weight is 357 g/mol. The Hall–Kier alpha value is -2.74. The van der Waals surface area contributed by atoms with Crippen molar-refractivity contribution in [2.24, 2.45) is 0 Å². The SMILES string of the molecule is CCN1C=C/C(=C\C2C=Cc3cc(C)ccc3N2CC)c2cc(C)ccc21. The predicted molar refractivity (Wildman–Crippen MR) is 118 cm³/mol. The summed E-state index contributed by atoms with van der Waals surface area (Å²) in [4.78, 5) is 4.80. The number of hydrogen-bond acceptors (Lipinski definition) is 2. The van der Waals surface area contributed by atoms with E-state index in [1.54, 1.807) is 0 Å². The van der Waals surface area contributed by atoms with Crippen LogP contribution in [-0.2, 0) is 0 Å². The Balaban J connectivity index is 1.76. The smallest absolute Gasteiger partial charge is 0.0669 e. The molecule has 4 rings (SSSR count). The Bertz CT molecular complexity index is 949. The van der Waals surface area contributed by atoms with Crippen LogP contribution < -0.4 is 9.80 Å². The topological polar surface area (TPSA) is 6.48 Å². The quantitative estimate of drug-likeness (QED) is 0.669. The number of fused-ring (bicyclic) bond motifs is 2. The molecule has 0 bridgehead atoms. The molecule has 0 saturated carbocycles. The molecule has 2 heteroatoms. The Kier molecular flexibility index (Phi) is 4.65. The molecule has 2 nitrogen and oxygen atoms in total. The maximum Gasteiger partial charge on any atom is 0.0669 e. The molecule has 2 aromatic carbocycles. The van der Waals surface area contributed by atoms with Crippen LogP contribution in [0.1, 0.15) is 36.1 Å². The summed E-state index contributed by atoms with van der Waals surface area (Å²) in [7, 11) is 0. The monoisotopic (exact) mass is 356 g/mol. The Labute approximate surface area is 163 Å². The lowest BCUT2D eigenvalue weighted by Crippen LogP contribution is -2.35. The molecule has 0 aliphatic carbocycles. The molecular weight excluding hydrogens is 328 g/mol. The van der Waals surface area contributed by atoms with E-state index < -0.39 is 0 Å². The predicted octanol–water partition coefficient (Wildman–Crippen LogP) is 5.96. The Morgan fingerprint density at radius 2 is 1.63 bits per heavy atom. The van der Waals surface area contributed by atoms with Gasteiger partial charge in [0.1, 0.15) is 0 Å². The minimum atomic E-state index is 0.270. The lowest BCUT2D eigenvalue weighted by atomic mass is 9.94. The van der Waals surface area contributed by atoms with E-state index in [2.05, 4.69) is 104 Å². The normalized spacial score (nSPS) is 19.4. The van der Waals surface area contributed by atoms with E-state index in [0.29, 0.717) is 0 Å². The molecule has 0 spiro atoms. The summed E-state index contributed by atoms with van der Waals surface area (Å²) < 4.78 is 0. The van der Waals surface area contributed by atoms with Gasteiger partial charge in [0.2, 0.25) is 0 Å². The zero-order valence-electron chi connectivity index (χ0n) is 16.7. The summed E-state index contributed by atoms with van der Waals surface area (Å²) in [5, 5.41) is 0. The van der Waals surface area contributed by atoms with Gasteiger partial charge in [0.15, 0.2) is 0 Å². The third-order valence-electron chi connectivity index (χ3n) is 5.56. The van der Waals surface area contributed by atoms with Crippen molar-refractivity contribution in [3.05, 3.63) is 83.1 Å². The molecular formula is C25H28N2. The van der Waals surface area contributed by atoms with Crippen LogP contribution in [0.3, 0.4) is 0 Å². The fourth-order valence-electron chi connectivity index (χ4n) is 4.14. The van der Waals surface area contributed by atoms with Crippen LogP contribution in [0, 0.1) is 13.8 Å². The van der Waals surface area contributed by atoms with Gasteiger partial charge in [-0.1, -0.05) is 41.5 Å². The number of nitrogens with zero attached hydrogens (tertiary/aromatic N) is 2. The maximum atomic E-state index is 2.48. The van der Waals surface area contributed by atoms with Crippen LogP contribution in [0.25, 0.3) is 11.6 Å². The van der Waals surface area contributed by atoms with E-state index in [4.69, 9.17) is 0 Å². The minimum absolute atomic E-state index is 0.270. The van der Waals surface area contributed by atoms with Crippen molar-refractivity contribution < 1.29 is 0 Å². The summed E-state index contributed by atoms with van der Waals surface area (Å²) in [5.41, 5.74) is 9.20. The van der Waals surface area contributed by atoms with Crippen LogP contribution in [0.5, 0.6) is 0 Å². The number of allylic oxidation sites excluding steroid dienone is 2. The molecule has 1 unspecified atom stereocenters. The van der Waals surface area contributed by atoms with E-state index in [0.717, 1.165) is 13.1 Å². The fourth-order valence-corrected chi connectivity index (χ4v) is 4.14. The highest BCUT2D eigenvalue weighted by Crippen LogP contribution is 2.36. The first-order valence-corrected chi connectivity index (χ1v) is 9.94. The van der Waals surface area contributed by atoms with Gasteiger partial charge >= 0.3 is 0 Å². The first-order valence-electron chi connectivity index (χ1n) is 9.94. The highest BCUT2D eigenvalue weighted by Gasteiger charge is 2.22. The largest absolute Gasteiger partial charge is 0.361 e. The Morgan fingerprint density at radius 3 is 2.37 bits per heavy atom. The van der Waals surface area contributed by atoms with Gasteiger partial charge in [-0.25, -0.2) is 0 Å². The lowest BCUT2D eigenvalue weighted by Gasteiger charge is -2.35. The second-order valence-corrected chi connectivity index (χ2v) is 7.44. The van der Waals surface area contributed by atoms with Crippen LogP contribution >= 0.6 is 0 Å². The average Bonchev–Trinajstić information content (AvgIpc) is 2.68. The van der Waals surface area contributed by atoms with Crippen molar-refractivity contribution in [2.75, 3.05) is 22.9 Å². The van der Waals surface area contributed by atoms with Gasteiger partial charge < -0.3 is 9.80 Å². The van der Waals surface area contributed by atoms with Crippen molar-refractivity contribution in [1.82, 2.24) is 0 Å². The number of rotatable bonds is 3. The zero-order chi connectivity index (χ0) is 19.0. The standard InChI is InChI=1S/C25H28N2/c1-5-26-14-13-20(23-16-19(4)8-12-25(23)26)17-22-10-9-21-15-18(3)7-11-24(21)27(22)6-2/h7-17,22H,5-6H2,1-4H3/b20-17+. The Morgan fingerprint density at radius 1 is 0.889 bits per heavy atom. The van der Waals surface area contributed by atoms with Crippen LogP contribution in [-0.4, -0.2) is 19.1 Å². The molecule has 138 valence electrons. The number of benzene rings is 2. The molecule has 2 heterocycles. The summed E-state index contributed by atoms with van der Waals surface area (Å²) in [6.07, 6.45) is 11.5. The second-order valence-electron chi connectivity index (χ2n) is 7.44. The molecule has 0 amide bonds. The van der Waals surface area contributed by atoms with Crippen molar-refractivity contribution in [1.29, 1.82) is 0 Å². The minimum Gasteiger partial charge on any atom is -0.361 e. The molecule has 0 fully saturated rings. The van der Waals surface area contributed by atoms with Gasteiger partial charge in [0, 0.05) is 36.2 Å². The van der Waals surface area contributed by atoms with Gasteiger partial charge in [-0.2, -0.15) is 0 Å². The molecule has 0 radical (unpaired) electrons. The number of aryl methyl sites for hydroxylation is 2. The molecule has 0 N–H and O–H groups in total. The molecule has 0 saturated heterocycles. The highest BCUT2D eigenvalue weighted by molar-refractivity contribution is 5.88. The summed E-state index contributed by atoms with van der Waals surface area (Å²) in [5.74, 6) is 0. The second kappa shape index (κ2) is 7.11. The maximum absolute atomic E-state index is 2.48. The number of anilines is 2. The molecule has 2 aromatic rings. The van der Waals surface area contributed by atoms with Crippen LogP contribution in [0.2, 0.25) is 0 Å². The van der Waals surface area contributed by atoms with Gasteiger partial charge in [0.25, 0.3) is 0 Å². The van der Waals surface area contributed by atoms with E-state index in [-0.39, 0.29) is 6.04 Å². The van der Waals surface area contributed by atoms with E-state index >= 15 is 0 Å². The van der Waals surface area contributed by atoms with Crippen molar-refractivity contribution in [2.45, 2.75) is 33.7 Å². The first-order chi connectivity index (χ1) is 13.1. The van der Waals surface area contributed by atoms with Gasteiger partial charge in [-0.3, -0.25) is 0 Å². The van der Waals surface area contributed by atoms with Crippen molar-refractivity contribution in [3.8, 4) is 0 Å². The molecule has 0 aromatic heterocycles. The highest BCUT2D eigenvalue weighted by atomic mass is 15.2. The summed E-state index contributed by atoms with van der Waals surface area (Å²) >= 11 is 0. The van der Waals surface area contributed by atoms with Crippen molar-refractivity contribution in [3.63, 3.8) is 0 Å². The summed E-state index contributed by atoms with van der Waals surface area (Å²) in [6.45, 7) is 10.7. The zero-order valence-corrected chi connectivity index (χ0v) is 16.7. The molecule has 2 aliphatic heterocycles. The van der Waals surface area contributed by atoms with Crippen molar-refractivity contribution >= 4 is 23.0 Å². The fraction of sp³-hybridized carbons (Fsp3) is 0.280. The van der Waals surface area contributed by atoms with E-state index in [1.165, 1.54) is 39.2 Å². The number of likely N-dealkylation sites (N-methyl/N-ethyl adjacent to an activating group) is 1. The number of hydrogen-bond donors (Lipinski definition) is 0. The lowest BCUT2D eigenvalue weighted by molar-refractivity contribution is 0.805. The molecule has 2 aliphatic rings. The molecule has 27 heavy (non-hydrogen) atoms. The third-order valence-corrected chi connectivity index (χ3v) is 5.56.